The SMILES string of the molecule is CC(C)C1=C(c2cnc(NC(=O)c3c(F)cccc3F)cn2)CN(Cc2ccccc2)CC1. The largest absolute Gasteiger partial charge is 0.305 e. The molecule has 0 aliphatic carbocycles. The van der Waals surface area contributed by atoms with Gasteiger partial charge in [0.05, 0.1) is 18.1 Å². The van der Waals surface area contributed by atoms with E-state index in [0.717, 1.165) is 49.5 Å². The highest BCUT2D eigenvalue weighted by molar-refractivity contribution is 6.04. The minimum absolute atomic E-state index is 0.134. The fourth-order valence-corrected chi connectivity index (χ4v) is 4.13. The Balaban J connectivity index is 1.52. The van der Waals surface area contributed by atoms with Crippen molar-refractivity contribution in [2.24, 2.45) is 5.92 Å². The summed E-state index contributed by atoms with van der Waals surface area (Å²) in [6, 6.07) is 13.6. The summed E-state index contributed by atoms with van der Waals surface area (Å²) in [5.41, 5.74) is 3.84. The van der Waals surface area contributed by atoms with E-state index in [1.165, 1.54) is 23.4 Å². The Morgan fingerprint density at radius 1 is 1.03 bits per heavy atom. The van der Waals surface area contributed by atoms with E-state index in [-0.39, 0.29) is 5.82 Å². The Hall–Kier alpha value is -3.45. The van der Waals surface area contributed by atoms with Crippen LogP contribution in [0.4, 0.5) is 14.6 Å². The Kier molecular flexibility index (Phi) is 6.89. The van der Waals surface area contributed by atoms with Crippen LogP contribution in [-0.2, 0) is 6.54 Å². The molecule has 1 N–H and O–H groups in total. The van der Waals surface area contributed by atoms with Gasteiger partial charge < -0.3 is 5.32 Å². The van der Waals surface area contributed by atoms with Crippen molar-refractivity contribution >= 4 is 17.3 Å². The number of nitrogens with one attached hydrogen (secondary N) is 1. The minimum atomic E-state index is -0.926. The lowest BCUT2D eigenvalue weighted by Crippen LogP contribution is -2.32. The summed E-state index contributed by atoms with van der Waals surface area (Å²) in [5.74, 6) is -2.24. The molecule has 0 saturated heterocycles. The van der Waals surface area contributed by atoms with Crippen LogP contribution in [-0.4, -0.2) is 33.9 Å². The maximum Gasteiger partial charge on any atom is 0.262 e. The van der Waals surface area contributed by atoms with E-state index in [0.29, 0.717) is 5.92 Å². The fourth-order valence-electron chi connectivity index (χ4n) is 4.13. The van der Waals surface area contributed by atoms with Crippen molar-refractivity contribution in [3.63, 3.8) is 0 Å². The topological polar surface area (TPSA) is 58.1 Å². The number of hydrogen-bond acceptors (Lipinski definition) is 4. The Morgan fingerprint density at radius 2 is 1.76 bits per heavy atom. The highest BCUT2D eigenvalue weighted by Crippen LogP contribution is 2.31. The van der Waals surface area contributed by atoms with Gasteiger partial charge in [-0.3, -0.25) is 14.7 Å². The molecule has 0 fully saturated rings. The van der Waals surface area contributed by atoms with Crippen LogP contribution in [0.2, 0.25) is 0 Å². The van der Waals surface area contributed by atoms with Gasteiger partial charge in [-0.1, -0.05) is 55.8 Å². The molecule has 1 amide bonds. The summed E-state index contributed by atoms with van der Waals surface area (Å²) in [6.45, 7) is 6.93. The van der Waals surface area contributed by atoms with Gasteiger partial charge in [0, 0.05) is 19.6 Å². The third-order valence-corrected chi connectivity index (χ3v) is 5.81. The molecule has 3 aromatic rings. The predicted molar refractivity (Wildman–Crippen MR) is 124 cm³/mol. The Labute approximate surface area is 192 Å². The van der Waals surface area contributed by atoms with Gasteiger partial charge in [-0.2, -0.15) is 0 Å². The van der Waals surface area contributed by atoms with Crippen molar-refractivity contribution in [1.82, 2.24) is 14.9 Å². The summed E-state index contributed by atoms with van der Waals surface area (Å²) in [5, 5.41) is 2.43. The number of amides is 1. The molecule has 2 heterocycles. The lowest BCUT2D eigenvalue weighted by Gasteiger charge is -2.32. The monoisotopic (exact) mass is 448 g/mol. The molecule has 33 heavy (non-hydrogen) atoms. The molecule has 0 spiro atoms. The van der Waals surface area contributed by atoms with E-state index < -0.39 is 23.1 Å². The molecule has 0 saturated carbocycles. The van der Waals surface area contributed by atoms with Gasteiger partial charge in [0.25, 0.3) is 5.91 Å². The first-order valence-corrected chi connectivity index (χ1v) is 11.0. The molecule has 0 atom stereocenters. The van der Waals surface area contributed by atoms with Crippen molar-refractivity contribution in [2.45, 2.75) is 26.8 Å². The summed E-state index contributed by atoms with van der Waals surface area (Å²) in [6.07, 6.45) is 3.98. The van der Waals surface area contributed by atoms with Crippen LogP contribution >= 0.6 is 0 Å². The molecule has 5 nitrogen and oxygen atoms in total. The quantitative estimate of drug-likeness (QED) is 0.554. The smallest absolute Gasteiger partial charge is 0.262 e. The van der Waals surface area contributed by atoms with E-state index in [1.54, 1.807) is 6.20 Å². The second-order valence-electron chi connectivity index (χ2n) is 8.44. The van der Waals surface area contributed by atoms with Crippen molar-refractivity contribution in [1.29, 1.82) is 0 Å². The summed E-state index contributed by atoms with van der Waals surface area (Å²) in [7, 11) is 0. The van der Waals surface area contributed by atoms with Crippen LogP contribution in [0.5, 0.6) is 0 Å². The van der Waals surface area contributed by atoms with Crippen LogP contribution in [0.3, 0.4) is 0 Å². The van der Waals surface area contributed by atoms with Crippen LogP contribution in [0.1, 0.15) is 41.9 Å². The third kappa shape index (κ3) is 5.31. The lowest BCUT2D eigenvalue weighted by atomic mass is 9.89. The predicted octanol–water partition coefficient (Wildman–Crippen LogP) is 5.32. The molecule has 1 aromatic heterocycles. The van der Waals surface area contributed by atoms with Crippen molar-refractivity contribution in [3.05, 3.63) is 95.0 Å². The number of anilines is 1. The average molecular weight is 449 g/mol. The van der Waals surface area contributed by atoms with Crippen molar-refractivity contribution < 1.29 is 13.6 Å². The summed E-state index contributed by atoms with van der Waals surface area (Å²) >= 11 is 0. The highest BCUT2D eigenvalue weighted by Gasteiger charge is 2.23. The van der Waals surface area contributed by atoms with Gasteiger partial charge >= 0.3 is 0 Å². The molecule has 170 valence electrons. The number of aromatic nitrogens is 2. The van der Waals surface area contributed by atoms with E-state index in [2.05, 4.69) is 46.2 Å². The van der Waals surface area contributed by atoms with E-state index in [1.807, 2.05) is 18.2 Å². The van der Waals surface area contributed by atoms with Gasteiger partial charge in [0.1, 0.15) is 17.2 Å². The number of carbonyl (C=O) groups excluding carboxylic acids is 1. The second-order valence-corrected chi connectivity index (χ2v) is 8.44. The zero-order chi connectivity index (χ0) is 23.4. The summed E-state index contributed by atoms with van der Waals surface area (Å²) in [4.78, 5) is 23.5. The maximum absolute atomic E-state index is 13.9. The zero-order valence-electron chi connectivity index (χ0n) is 18.7. The second kappa shape index (κ2) is 10.0. The molecule has 0 unspecified atom stereocenters. The van der Waals surface area contributed by atoms with Crippen molar-refractivity contribution in [2.75, 3.05) is 18.4 Å². The number of benzene rings is 2. The molecule has 1 aliphatic rings. The number of hydrogen-bond donors (Lipinski definition) is 1. The molecule has 2 aromatic carbocycles. The number of nitrogens with zero attached hydrogens (tertiary/aromatic N) is 3. The van der Waals surface area contributed by atoms with Crippen LogP contribution in [0.25, 0.3) is 5.57 Å². The molecule has 7 heteroatoms. The van der Waals surface area contributed by atoms with Crippen LogP contribution < -0.4 is 5.32 Å². The number of rotatable bonds is 6. The summed E-state index contributed by atoms with van der Waals surface area (Å²) < 4.78 is 27.7. The number of carbonyl (C=O) groups is 1. The van der Waals surface area contributed by atoms with Crippen LogP contribution in [0, 0.1) is 17.6 Å². The number of halogens is 2. The molecule has 0 radical (unpaired) electrons. The Morgan fingerprint density at radius 3 is 2.39 bits per heavy atom. The zero-order valence-corrected chi connectivity index (χ0v) is 18.7. The molecular formula is C26H26F2N4O. The molecule has 1 aliphatic heterocycles. The van der Waals surface area contributed by atoms with Gasteiger partial charge in [0.15, 0.2) is 5.82 Å². The minimum Gasteiger partial charge on any atom is -0.305 e. The average Bonchev–Trinajstić information content (AvgIpc) is 2.80. The molecule has 0 bridgehead atoms. The highest BCUT2D eigenvalue weighted by atomic mass is 19.1. The van der Waals surface area contributed by atoms with E-state index >= 15 is 0 Å². The molecule has 4 rings (SSSR count). The van der Waals surface area contributed by atoms with E-state index in [4.69, 9.17) is 0 Å². The molecular weight excluding hydrogens is 422 g/mol. The first-order valence-electron chi connectivity index (χ1n) is 11.0. The standard InChI is InChI=1S/C26H26F2N4O/c1-17(2)19-11-12-32(15-18-7-4-3-5-8-18)16-20(19)23-13-30-24(14-29-23)31-26(33)25-21(27)9-6-10-22(25)28/h3-10,13-14,17H,11-12,15-16H2,1-2H3,(H,30,31,33). The van der Waals surface area contributed by atoms with E-state index in [9.17, 15) is 13.6 Å². The third-order valence-electron chi connectivity index (χ3n) is 5.81. The fraction of sp³-hybridized carbons (Fsp3) is 0.269. The van der Waals surface area contributed by atoms with Gasteiger partial charge in [0.2, 0.25) is 0 Å². The first kappa shape index (κ1) is 22.7. The normalized spacial score (nSPS) is 14.6. The van der Waals surface area contributed by atoms with Gasteiger partial charge in [-0.05, 0) is 35.6 Å². The Bertz CT molecular complexity index is 1140. The maximum atomic E-state index is 13.9. The van der Waals surface area contributed by atoms with Gasteiger partial charge in [-0.25, -0.2) is 13.8 Å². The van der Waals surface area contributed by atoms with Crippen molar-refractivity contribution in [3.8, 4) is 0 Å². The first-order chi connectivity index (χ1) is 15.9. The van der Waals surface area contributed by atoms with Crippen LogP contribution in [0.15, 0.2) is 66.5 Å². The lowest BCUT2D eigenvalue weighted by molar-refractivity contribution is 0.101. The van der Waals surface area contributed by atoms with Gasteiger partial charge in [-0.15, -0.1) is 0 Å².